The van der Waals surface area contributed by atoms with Crippen LogP contribution in [0.15, 0.2) is 34.8 Å². The molecule has 0 saturated carbocycles. The molecule has 1 heterocycles. The number of benzene rings is 1. The molecule has 0 unspecified atom stereocenters. The third-order valence-electron chi connectivity index (χ3n) is 3.46. The Morgan fingerprint density at radius 1 is 1.28 bits per heavy atom. The molecule has 8 nitrogen and oxygen atoms in total. The number of hydrogen-bond acceptors (Lipinski definition) is 4. The van der Waals surface area contributed by atoms with Crippen molar-refractivity contribution in [3.05, 3.63) is 45.9 Å². The number of nitrogens with two attached hydrogens (primary N) is 2. The third kappa shape index (κ3) is 3.97. The lowest BCUT2D eigenvalue weighted by molar-refractivity contribution is -0.359. The molecule has 0 aliphatic rings. The largest absolute Gasteiger partial charge is 0.496 e. The van der Waals surface area contributed by atoms with Crippen LogP contribution in [0.3, 0.4) is 0 Å². The number of rotatable bonds is 4. The van der Waals surface area contributed by atoms with Gasteiger partial charge in [-0.25, -0.2) is 9.98 Å². The lowest BCUT2D eigenvalue weighted by atomic mass is 10.1. The van der Waals surface area contributed by atoms with Crippen molar-refractivity contribution in [2.75, 3.05) is 21.2 Å². The molecule has 2 aromatic rings. The van der Waals surface area contributed by atoms with Crippen LogP contribution in [0.2, 0.25) is 0 Å². The quantitative estimate of drug-likeness (QED) is 0.425. The Morgan fingerprint density at radius 2 is 1.96 bits per heavy atom. The molecule has 1 aromatic heterocycles. The number of nitrogens with one attached hydrogen (secondary N) is 2. The van der Waals surface area contributed by atoms with E-state index in [0.717, 1.165) is 0 Å². The number of allylic oxidation sites excluding steroid dienone is 1. The Labute approximate surface area is 144 Å². The van der Waals surface area contributed by atoms with E-state index in [1.54, 1.807) is 39.2 Å². The van der Waals surface area contributed by atoms with Crippen LogP contribution >= 0.6 is 0 Å². The van der Waals surface area contributed by atoms with Gasteiger partial charge in [-0.05, 0) is 24.4 Å². The highest BCUT2D eigenvalue weighted by Gasteiger charge is 2.17. The molecule has 8 heteroatoms. The van der Waals surface area contributed by atoms with Crippen molar-refractivity contribution in [1.29, 1.82) is 0 Å². The van der Waals surface area contributed by atoms with Gasteiger partial charge in [0, 0.05) is 31.9 Å². The fourth-order valence-corrected chi connectivity index (χ4v) is 2.37. The summed E-state index contributed by atoms with van der Waals surface area (Å²) >= 11 is 0. The van der Waals surface area contributed by atoms with Crippen molar-refractivity contribution in [3.8, 4) is 5.75 Å². The van der Waals surface area contributed by atoms with Crippen molar-refractivity contribution >= 4 is 28.3 Å². The predicted octanol–water partition coefficient (Wildman–Crippen LogP) is -0.830. The zero-order chi connectivity index (χ0) is 18.7. The average Bonchev–Trinajstić information content (AvgIpc) is 2.52. The fourth-order valence-electron chi connectivity index (χ4n) is 2.37. The summed E-state index contributed by atoms with van der Waals surface area (Å²) < 4.78 is 5.30. The maximum absolute atomic E-state index is 12.4. The van der Waals surface area contributed by atoms with Crippen molar-refractivity contribution in [2.45, 2.75) is 6.92 Å². The van der Waals surface area contributed by atoms with Crippen LogP contribution in [0, 0.1) is 0 Å². The number of aromatic amines is 1. The van der Waals surface area contributed by atoms with E-state index < -0.39 is 0 Å². The molecule has 6 N–H and O–H groups in total. The van der Waals surface area contributed by atoms with Gasteiger partial charge in [-0.3, -0.25) is 9.59 Å². The Morgan fingerprint density at radius 3 is 2.52 bits per heavy atom. The summed E-state index contributed by atoms with van der Waals surface area (Å²) in [7, 11) is 4.74. The summed E-state index contributed by atoms with van der Waals surface area (Å²) in [5.74, 6) is 0.835. The number of amidine groups is 1. The topological polar surface area (TPSA) is 128 Å². The normalized spacial score (nSPS) is 12.3. The predicted molar refractivity (Wildman–Crippen MR) is 96.9 cm³/mol. The van der Waals surface area contributed by atoms with E-state index in [1.807, 2.05) is 0 Å². The standard InChI is InChI=1S/C17H21N5O3/c1-9(18)5-14(19)20-15-7-10-6-13(25-4)12(17(24)22(2)3)8-11(10)16(23)21-15/h5-8H,18H2,1-4H3,(H3,19,20,21,23)/p+1. The number of amides is 1. The van der Waals surface area contributed by atoms with E-state index in [0.29, 0.717) is 39.4 Å². The maximum Gasteiger partial charge on any atom is 0.312 e. The number of ether oxygens (including phenoxy) is 1. The molecule has 0 spiro atoms. The van der Waals surface area contributed by atoms with Crippen LogP contribution in [-0.4, -0.2) is 42.8 Å². The van der Waals surface area contributed by atoms with Gasteiger partial charge >= 0.3 is 5.56 Å². The van der Waals surface area contributed by atoms with Gasteiger partial charge < -0.3 is 21.1 Å². The summed E-state index contributed by atoms with van der Waals surface area (Å²) in [6.45, 7) is 1.70. The average molecular weight is 344 g/mol. The van der Waals surface area contributed by atoms with Gasteiger partial charge in [-0.2, -0.15) is 0 Å². The Kier molecular flexibility index (Phi) is 5.11. The minimum absolute atomic E-state index is 0.249. The number of nitrogens with zero attached hydrogens (tertiary/aromatic N) is 1. The first-order chi connectivity index (χ1) is 11.7. The number of methoxy groups -OCH3 is 1. The van der Waals surface area contributed by atoms with Gasteiger partial charge in [0.15, 0.2) is 0 Å². The van der Waals surface area contributed by atoms with E-state index in [4.69, 9.17) is 16.2 Å². The summed E-state index contributed by atoms with van der Waals surface area (Å²) in [6, 6.07) is 4.87. The monoisotopic (exact) mass is 344 g/mol. The second-order valence-electron chi connectivity index (χ2n) is 5.82. The molecule has 132 valence electrons. The summed E-state index contributed by atoms with van der Waals surface area (Å²) in [5.41, 5.74) is 11.9. The highest BCUT2D eigenvalue weighted by atomic mass is 16.5. The van der Waals surface area contributed by atoms with Crippen molar-refractivity contribution < 1.29 is 14.5 Å². The molecule has 25 heavy (non-hydrogen) atoms. The van der Waals surface area contributed by atoms with Crippen LogP contribution in [0.4, 0.5) is 5.82 Å². The summed E-state index contributed by atoms with van der Waals surface area (Å²) in [4.78, 5) is 31.6. The van der Waals surface area contributed by atoms with Gasteiger partial charge in [0.25, 0.3) is 5.91 Å². The van der Waals surface area contributed by atoms with Crippen LogP contribution in [0.5, 0.6) is 5.75 Å². The molecule has 1 aromatic carbocycles. The van der Waals surface area contributed by atoms with Crippen molar-refractivity contribution in [2.24, 2.45) is 11.5 Å². The van der Waals surface area contributed by atoms with Gasteiger partial charge in [0.2, 0.25) is 11.7 Å². The number of carbonyl (C=O) groups is 1. The first-order valence-corrected chi connectivity index (χ1v) is 7.53. The van der Waals surface area contributed by atoms with E-state index in [9.17, 15) is 9.59 Å². The van der Waals surface area contributed by atoms with E-state index >= 15 is 0 Å². The number of pyridine rings is 1. The molecule has 0 fully saturated rings. The molecule has 0 radical (unpaired) electrons. The third-order valence-corrected chi connectivity index (χ3v) is 3.46. The van der Waals surface area contributed by atoms with Crippen LogP contribution in [0.25, 0.3) is 10.8 Å². The Balaban J connectivity index is 2.66. The van der Waals surface area contributed by atoms with Gasteiger partial charge in [0.05, 0.1) is 18.1 Å². The fraction of sp³-hybridized carbons (Fsp3) is 0.235. The summed E-state index contributed by atoms with van der Waals surface area (Å²) in [6.07, 6.45) is 1.54. The van der Waals surface area contributed by atoms with Crippen molar-refractivity contribution in [1.82, 2.24) is 9.88 Å². The lowest BCUT2D eigenvalue weighted by Crippen LogP contribution is -2.69. The molecular weight excluding hydrogens is 322 g/mol. The van der Waals surface area contributed by atoms with Crippen molar-refractivity contribution in [3.63, 3.8) is 0 Å². The minimum atomic E-state index is -0.350. The highest BCUT2D eigenvalue weighted by Crippen LogP contribution is 2.25. The molecule has 0 saturated heterocycles. The second-order valence-corrected chi connectivity index (χ2v) is 5.82. The number of carbonyl (C=O) groups excluding carboxylic acids is 1. The lowest BCUT2D eigenvalue weighted by Gasteiger charge is -2.14. The highest BCUT2D eigenvalue weighted by molar-refractivity contribution is 6.01. The first-order valence-electron chi connectivity index (χ1n) is 7.53. The second kappa shape index (κ2) is 7.08. The smallest absolute Gasteiger partial charge is 0.312 e. The van der Waals surface area contributed by atoms with E-state index in [1.165, 1.54) is 18.1 Å². The zero-order valence-corrected chi connectivity index (χ0v) is 14.6. The minimum Gasteiger partial charge on any atom is -0.496 e. The molecular formula is C17H22N5O3+. The molecule has 0 atom stereocenters. The SMILES string of the molecule is COc1cc2cc([NH+]=C(N)C=C(C)N)[nH]c(=O)c2cc1C(=O)N(C)C. The van der Waals surface area contributed by atoms with Crippen LogP contribution < -0.4 is 26.8 Å². The number of H-pyrrole nitrogens is 1. The molecule has 0 aliphatic carbocycles. The number of aromatic nitrogens is 1. The Bertz CT molecular complexity index is 937. The van der Waals surface area contributed by atoms with Gasteiger partial charge in [0.1, 0.15) is 5.75 Å². The van der Waals surface area contributed by atoms with Crippen LogP contribution in [0.1, 0.15) is 17.3 Å². The first kappa shape index (κ1) is 18.1. The van der Waals surface area contributed by atoms with Gasteiger partial charge in [-0.1, -0.05) is 0 Å². The molecule has 1 amide bonds. The Hall–Kier alpha value is -3.29. The maximum atomic E-state index is 12.4. The molecule has 0 bridgehead atoms. The number of fused-ring (bicyclic) bond motifs is 1. The van der Waals surface area contributed by atoms with Crippen LogP contribution in [-0.2, 0) is 0 Å². The van der Waals surface area contributed by atoms with E-state index in [2.05, 4.69) is 9.98 Å². The van der Waals surface area contributed by atoms with E-state index in [-0.39, 0.29) is 11.5 Å². The zero-order valence-electron chi connectivity index (χ0n) is 14.6. The molecule has 0 aliphatic heterocycles. The van der Waals surface area contributed by atoms with Gasteiger partial charge in [-0.15, -0.1) is 0 Å². The molecule has 2 rings (SSSR count). The number of hydrogen-bond donors (Lipinski definition) is 4. The summed E-state index contributed by atoms with van der Waals surface area (Å²) in [5, 5.41) is 0.986.